The number of likely N-dealkylation sites (tertiary alicyclic amines) is 1. The minimum Gasteiger partial charge on any atom is -0.366 e. The highest BCUT2D eigenvalue weighted by Crippen LogP contribution is 2.13. The molecule has 1 saturated heterocycles. The van der Waals surface area contributed by atoms with Gasteiger partial charge in [-0.05, 0) is 26.1 Å². The Morgan fingerprint density at radius 2 is 2.40 bits per heavy atom. The van der Waals surface area contributed by atoms with Crippen LogP contribution < -0.4 is 10.6 Å². The quantitative estimate of drug-likeness (QED) is 0.761. The summed E-state index contributed by atoms with van der Waals surface area (Å²) in [6.45, 7) is 2.24. The Labute approximate surface area is 89.9 Å². The minimum absolute atomic E-state index is 0.509. The van der Waals surface area contributed by atoms with E-state index in [9.17, 15) is 0 Å². The maximum atomic E-state index is 4.33. The summed E-state index contributed by atoms with van der Waals surface area (Å²) in [6.07, 6.45) is 2.94. The largest absolute Gasteiger partial charge is 0.366 e. The number of likely N-dealkylation sites (N-methyl/N-ethyl adjacent to an activating group) is 1. The van der Waals surface area contributed by atoms with E-state index in [1.54, 1.807) is 6.20 Å². The van der Waals surface area contributed by atoms with E-state index in [4.69, 9.17) is 0 Å². The molecule has 1 aliphatic rings. The van der Waals surface area contributed by atoms with Gasteiger partial charge in [0.15, 0.2) is 0 Å². The fraction of sp³-hybridized carbons (Fsp3) is 0.600. The normalized spacial score (nSPS) is 21.6. The average Bonchev–Trinajstić information content (AvgIpc) is 2.64. The van der Waals surface area contributed by atoms with Crippen LogP contribution in [0.15, 0.2) is 12.3 Å². The van der Waals surface area contributed by atoms with Gasteiger partial charge in [-0.25, -0.2) is 4.98 Å². The number of nitrogens with zero attached hydrogens (tertiary/aromatic N) is 3. The molecule has 1 aromatic rings. The molecule has 2 N–H and O–H groups in total. The lowest BCUT2D eigenvalue weighted by molar-refractivity contribution is 0.414. The maximum Gasteiger partial charge on any atom is 0.224 e. The fourth-order valence-electron chi connectivity index (χ4n) is 1.82. The Hall–Kier alpha value is -1.36. The van der Waals surface area contributed by atoms with E-state index in [0.717, 1.165) is 18.9 Å². The van der Waals surface area contributed by atoms with E-state index < -0.39 is 0 Å². The van der Waals surface area contributed by atoms with E-state index in [0.29, 0.717) is 12.0 Å². The predicted molar refractivity (Wildman–Crippen MR) is 61.1 cm³/mol. The topological polar surface area (TPSA) is 53.1 Å². The van der Waals surface area contributed by atoms with E-state index in [2.05, 4.69) is 32.5 Å². The third-order valence-corrected chi connectivity index (χ3v) is 2.62. The number of anilines is 2. The number of aromatic nitrogens is 2. The van der Waals surface area contributed by atoms with Gasteiger partial charge >= 0.3 is 0 Å². The van der Waals surface area contributed by atoms with Gasteiger partial charge in [-0.2, -0.15) is 4.98 Å². The molecule has 0 amide bonds. The second-order valence-electron chi connectivity index (χ2n) is 3.91. The zero-order chi connectivity index (χ0) is 10.7. The van der Waals surface area contributed by atoms with Crippen molar-refractivity contribution < 1.29 is 0 Å². The Morgan fingerprint density at radius 3 is 3.07 bits per heavy atom. The molecule has 1 unspecified atom stereocenters. The Kier molecular flexibility index (Phi) is 3.01. The van der Waals surface area contributed by atoms with Crippen molar-refractivity contribution >= 4 is 11.8 Å². The van der Waals surface area contributed by atoms with Gasteiger partial charge in [-0.3, -0.25) is 0 Å². The molecule has 1 atom stereocenters. The smallest absolute Gasteiger partial charge is 0.224 e. The molecule has 1 aliphatic heterocycles. The standard InChI is InChI=1S/C10H17N5/c1-11-10-12-5-3-9(14-10)13-8-4-6-15(2)7-8/h3,5,8H,4,6-7H2,1-2H3,(H2,11,12,13,14). The number of rotatable bonds is 3. The lowest BCUT2D eigenvalue weighted by Gasteiger charge is -2.13. The molecule has 0 aliphatic carbocycles. The molecule has 0 spiro atoms. The van der Waals surface area contributed by atoms with Gasteiger partial charge in [0.1, 0.15) is 5.82 Å². The van der Waals surface area contributed by atoms with Crippen molar-refractivity contribution in [3.8, 4) is 0 Å². The molecule has 5 heteroatoms. The zero-order valence-electron chi connectivity index (χ0n) is 9.20. The lowest BCUT2D eigenvalue weighted by atomic mass is 10.2. The van der Waals surface area contributed by atoms with Gasteiger partial charge in [0.25, 0.3) is 0 Å². The summed E-state index contributed by atoms with van der Waals surface area (Å²) < 4.78 is 0. The van der Waals surface area contributed by atoms with Crippen molar-refractivity contribution in [3.05, 3.63) is 12.3 Å². The van der Waals surface area contributed by atoms with Crippen molar-refractivity contribution in [1.82, 2.24) is 14.9 Å². The van der Waals surface area contributed by atoms with Gasteiger partial charge in [-0.1, -0.05) is 0 Å². The molecule has 1 aromatic heterocycles. The molecule has 0 radical (unpaired) electrons. The third-order valence-electron chi connectivity index (χ3n) is 2.62. The van der Waals surface area contributed by atoms with Crippen molar-refractivity contribution in [2.75, 3.05) is 37.8 Å². The molecule has 15 heavy (non-hydrogen) atoms. The average molecular weight is 207 g/mol. The van der Waals surface area contributed by atoms with E-state index in [1.165, 1.54) is 6.42 Å². The van der Waals surface area contributed by atoms with Crippen LogP contribution in [0.2, 0.25) is 0 Å². The van der Waals surface area contributed by atoms with Gasteiger partial charge in [0, 0.05) is 25.8 Å². The first-order chi connectivity index (χ1) is 7.28. The Balaban J connectivity index is 1.98. The number of hydrogen-bond donors (Lipinski definition) is 2. The summed E-state index contributed by atoms with van der Waals surface area (Å²) in [6, 6.07) is 2.41. The highest BCUT2D eigenvalue weighted by molar-refractivity contribution is 5.40. The van der Waals surface area contributed by atoms with Crippen LogP contribution in [0, 0.1) is 0 Å². The van der Waals surface area contributed by atoms with Gasteiger partial charge in [0.2, 0.25) is 5.95 Å². The number of nitrogens with one attached hydrogen (secondary N) is 2. The molecular weight excluding hydrogens is 190 g/mol. The van der Waals surface area contributed by atoms with Gasteiger partial charge < -0.3 is 15.5 Å². The molecule has 2 rings (SSSR count). The first kappa shape index (κ1) is 10.2. The lowest BCUT2D eigenvalue weighted by Crippen LogP contribution is -2.24. The van der Waals surface area contributed by atoms with Crippen LogP contribution in [-0.2, 0) is 0 Å². The van der Waals surface area contributed by atoms with Crippen LogP contribution in [0.3, 0.4) is 0 Å². The van der Waals surface area contributed by atoms with Crippen molar-refractivity contribution in [1.29, 1.82) is 0 Å². The van der Waals surface area contributed by atoms with Crippen molar-refractivity contribution in [2.24, 2.45) is 0 Å². The minimum atomic E-state index is 0.509. The SMILES string of the molecule is CNc1nccc(NC2CCN(C)C2)n1. The third kappa shape index (κ3) is 2.56. The monoisotopic (exact) mass is 207 g/mol. The predicted octanol–water partition coefficient (Wildman–Crippen LogP) is 0.634. The van der Waals surface area contributed by atoms with E-state index in [1.807, 2.05) is 13.1 Å². The van der Waals surface area contributed by atoms with Gasteiger partial charge in [-0.15, -0.1) is 0 Å². The van der Waals surface area contributed by atoms with Crippen LogP contribution >= 0.6 is 0 Å². The first-order valence-electron chi connectivity index (χ1n) is 5.24. The highest BCUT2D eigenvalue weighted by atomic mass is 15.2. The van der Waals surface area contributed by atoms with E-state index in [-0.39, 0.29) is 0 Å². The van der Waals surface area contributed by atoms with Crippen LogP contribution in [0.5, 0.6) is 0 Å². The summed E-state index contributed by atoms with van der Waals surface area (Å²) >= 11 is 0. The second kappa shape index (κ2) is 4.44. The van der Waals surface area contributed by atoms with Crippen molar-refractivity contribution in [2.45, 2.75) is 12.5 Å². The van der Waals surface area contributed by atoms with Crippen LogP contribution in [0.1, 0.15) is 6.42 Å². The number of hydrogen-bond acceptors (Lipinski definition) is 5. The fourth-order valence-corrected chi connectivity index (χ4v) is 1.82. The molecule has 5 nitrogen and oxygen atoms in total. The van der Waals surface area contributed by atoms with Crippen molar-refractivity contribution in [3.63, 3.8) is 0 Å². The molecule has 0 bridgehead atoms. The van der Waals surface area contributed by atoms with Crippen LogP contribution in [0.25, 0.3) is 0 Å². The molecule has 82 valence electrons. The van der Waals surface area contributed by atoms with Gasteiger partial charge in [0.05, 0.1) is 0 Å². The summed E-state index contributed by atoms with van der Waals surface area (Å²) in [5, 5.41) is 6.34. The molecule has 1 fully saturated rings. The summed E-state index contributed by atoms with van der Waals surface area (Å²) in [5.41, 5.74) is 0. The first-order valence-corrected chi connectivity index (χ1v) is 5.24. The van der Waals surface area contributed by atoms with E-state index >= 15 is 0 Å². The molecule has 2 heterocycles. The Bertz CT molecular complexity index is 327. The van der Waals surface area contributed by atoms with Crippen LogP contribution in [-0.4, -0.2) is 48.1 Å². The highest BCUT2D eigenvalue weighted by Gasteiger charge is 2.19. The zero-order valence-corrected chi connectivity index (χ0v) is 9.20. The molecule has 0 saturated carbocycles. The maximum absolute atomic E-state index is 4.33. The second-order valence-corrected chi connectivity index (χ2v) is 3.91. The summed E-state index contributed by atoms with van der Waals surface area (Å²) in [5.74, 6) is 1.56. The van der Waals surface area contributed by atoms with Crippen LogP contribution in [0.4, 0.5) is 11.8 Å². The summed E-state index contributed by atoms with van der Waals surface area (Å²) in [7, 11) is 3.96. The molecular formula is C10H17N5. The Morgan fingerprint density at radius 1 is 1.53 bits per heavy atom. The summed E-state index contributed by atoms with van der Waals surface area (Å²) in [4.78, 5) is 10.7. The molecule has 0 aromatic carbocycles.